The van der Waals surface area contributed by atoms with Crippen molar-refractivity contribution < 1.29 is 14.3 Å². The van der Waals surface area contributed by atoms with Gasteiger partial charge in [-0.3, -0.25) is 9.59 Å². The lowest BCUT2D eigenvalue weighted by Gasteiger charge is -2.22. The summed E-state index contributed by atoms with van der Waals surface area (Å²) in [5.41, 5.74) is -1.25. The van der Waals surface area contributed by atoms with Crippen molar-refractivity contribution in [2.75, 3.05) is 6.61 Å². The van der Waals surface area contributed by atoms with E-state index in [0.717, 1.165) is 0 Å². The second-order valence-corrected chi connectivity index (χ2v) is 4.88. The molecule has 0 bridgehead atoms. The third-order valence-corrected chi connectivity index (χ3v) is 2.53. The van der Waals surface area contributed by atoms with Crippen LogP contribution in [0, 0.1) is 10.8 Å². The molecule has 1 saturated carbocycles. The summed E-state index contributed by atoms with van der Waals surface area (Å²) < 4.78 is 4.93. The predicted octanol–water partition coefficient (Wildman–Crippen LogP) is 1.94. The Labute approximate surface area is 84.8 Å². The van der Waals surface area contributed by atoms with Gasteiger partial charge in [-0.1, -0.05) is 20.8 Å². The van der Waals surface area contributed by atoms with Crippen molar-refractivity contribution in [3.8, 4) is 0 Å². The minimum atomic E-state index is -0.797. The summed E-state index contributed by atoms with van der Waals surface area (Å²) in [4.78, 5) is 23.5. The van der Waals surface area contributed by atoms with Crippen molar-refractivity contribution in [3.05, 3.63) is 0 Å². The maximum absolute atomic E-state index is 12.0. The molecule has 0 aromatic rings. The van der Waals surface area contributed by atoms with Gasteiger partial charge in [0.05, 0.1) is 6.61 Å². The fourth-order valence-corrected chi connectivity index (χ4v) is 1.64. The van der Waals surface area contributed by atoms with Crippen LogP contribution in [0.2, 0.25) is 0 Å². The Morgan fingerprint density at radius 3 is 2.07 bits per heavy atom. The SMILES string of the molecule is CCOC(=O)C1(C(=O)C(C)(C)C)CC1. The summed E-state index contributed by atoms with van der Waals surface area (Å²) in [7, 11) is 0. The van der Waals surface area contributed by atoms with Crippen LogP contribution in [0.3, 0.4) is 0 Å². The van der Waals surface area contributed by atoms with Crippen LogP contribution >= 0.6 is 0 Å². The molecule has 80 valence electrons. The Kier molecular flexibility index (Phi) is 2.70. The van der Waals surface area contributed by atoms with Crippen molar-refractivity contribution >= 4 is 11.8 Å². The van der Waals surface area contributed by atoms with Gasteiger partial charge >= 0.3 is 5.97 Å². The van der Waals surface area contributed by atoms with E-state index in [9.17, 15) is 9.59 Å². The average molecular weight is 198 g/mol. The molecule has 0 aliphatic heterocycles. The third-order valence-electron chi connectivity index (χ3n) is 2.53. The molecule has 3 heteroatoms. The Bertz CT molecular complexity index is 256. The molecule has 0 saturated heterocycles. The second kappa shape index (κ2) is 3.37. The minimum Gasteiger partial charge on any atom is -0.465 e. The highest BCUT2D eigenvalue weighted by Gasteiger charge is 2.59. The van der Waals surface area contributed by atoms with Crippen LogP contribution in [0.1, 0.15) is 40.5 Å². The first-order chi connectivity index (χ1) is 6.34. The zero-order valence-electron chi connectivity index (χ0n) is 9.35. The van der Waals surface area contributed by atoms with E-state index >= 15 is 0 Å². The zero-order valence-corrected chi connectivity index (χ0v) is 9.35. The van der Waals surface area contributed by atoms with Crippen molar-refractivity contribution in [3.63, 3.8) is 0 Å². The monoisotopic (exact) mass is 198 g/mol. The molecule has 0 spiro atoms. The van der Waals surface area contributed by atoms with Gasteiger partial charge in [-0.05, 0) is 19.8 Å². The van der Waals surface area contributed by atoms with E-state index in [4.69, 9.17) is 4.74 Å². The van der Waals surface area contributed by atoms with Gasteiger partial charge in [0.2, 0.25) is 0 Å². The minimum absolute atomic E-state index is 0.0171. The normalized spacial score (nSPS) is 18.9. The number of ether oxygens (including phenoxy) is 1. The summed E-state index contributed by atoms with van der Waals surface area (Å²) in [5.74, 6) is -0.316. The second-order valence-electron chi connectivity index (χ2n) is 4.88. The Morgan fingerprint density at radius 2 is 1.79 bits per heavy atom. The molecule has 0 heterocycles. The lowest BCUT2D eigenvalue weighted by atomic mass is 9.81. The molecule has 0 aromatic heterocycles. The van der Waals surface area contributed by atoms with Gasteiger partial charge in [-0.2, -0.15) is 0 Å². The molecular weight excluding hydrogens is 180 g/mol. The maximum Gasteiger partial charge on any atom is 0.319 e. The smallest absolute Gasteiger partial charge is 0.319 e. The van der Waals surface area contributed by atoms with Crippen LogP contribution in [-0.4, -0.2) is 18.4 Å². The fourth-order valence-electron chi connectivity index (χ4n) is 1.64. The van der Waals surface area contributed by atoms with Crippen LogP contribution in [0.25, 0.3) is 0 Å². The number of carbonyl (C=O) groups is 2. The molecule has 0 aromatic carbocycles. The van der Waals surface area contributed by atoms with E-state index in [1.165, 1.54) is 0 Å². The van der Waals surface area contributed by atoms with Gasteiger partial charge in [0.25, 0.3) is 0 Å². The Morgan fingerprint density at radius 1 is 1.29 bits per heavy atom. The topological polar surface area (TPSA) is 43.4 Å². The number of hydrogen-bond donors (Lipinski definition) is 0. The van der Waals surface area contributed by atoms with Gasteiger partial charge in [0, 0.05) is 5.41 Å². The fraction of sp³-hybridized carbons (Fsp3) is 0.818. The Hall–Kier alpha value is -0.860. The summed E-state index contributed by atoms with van der Waals surface area (Å²) in [5, 5.41) is 0. The van der Waals surface area contributed by atoms with Gasteiger partial charge in [-0.25, -0.2) is 0 Å². The quantitative estimate of drug-likeness (QED) is 0.514. The molecule has 0 atom stereocenters. The van der Waals surface area contributed by atoms with Gasteiger partial charge in [0.15, 0.2) is 5.78 Å². The van der Waals surface area contributed by atoms with Crippen molar-refractivity contribution in [2.24, 2.45) is 10.8 Å². The Balaban J connectivity index is 2.77. The highest BCUT2D eigenvalue weighted by atomic mass is 16.5. The molecule has 0 unspecified atom stereocenters. The van der Waals surface area contributed by atoms with E-state index in [0.29, 0.717) is 19.4 Å². The van der Waals surface area contributed by atoms with Crippen LogP contribution in [0.4, 0.5) is 0 Å². The number of hydrogen-bond acceptors (Lipinski definition) is 3. The summed E-state index contributed by atoms with van der Waals surface area (Å²) in [6.07, 6.45) is 1.31. The van der Waals surface area contributed by atoms with Gasteiger partial charge in [0.1, 0.15) is 5.41 Å². The van der Waals surface area contributed by atoms with E-state index in [2.05, 4.69) is 0 Å². The van der Waals surface area contributed by atoms with Crippen LogP contribution < -0.4 is 0 Å². The number of Topliss-reactive ketones (excluding diaryl/α,β-unsaturated/α-hetero) is 1. The molecule has 1 rings (SSSR count). The molecule has 14 heavy (non-hydrogen) atoms. The number of rotatable bonds is 3. The highest BCUT2D eigenvalue weighted by Crippen LogP contribution is 2.51. The van der Waals surface area contributed by atoms with E-state index in [1.807, 2.05) is 20.8 Å². The molecule has 0 N–H and O–H groups in total. The molecule has 3 nitrogen and oxygen atoms in total. The zero-order chi connectivity index (χ0) is 11.0. The van der Waals surface area contributed by atoms with Crippen molar-refractivity contribution in [1.29, 1.82) is 0 Å². The standard InChI is InChI=1S/C11H18O3/c1-5-14-9(13)11(6-7-11)8(12)10(2,3)4/h5-7H2,1-4H3. The average Bonchev–Trinajstić information content (AvgIpc) is 2.82. The molecular formula is C11H18O3. The third kappa shape index (κ3) is 1.81. The van der Waals surface area contributed by atoms with Crippen molar-refractivity contribution in [2.45, 2.75) is 40.5 Å². The van der Waals surface area contributed by atoms with Crippen LogP contribution in [0.15, 0.2) is 0 Å². The van der Waals surface area contributed by atoms with E-state index in [-0.39, 0.29) is 11.8 Å². The lowest BCUT2D eigenvalue weighted by molar-refractivity contribution is -0.156. The van der Waals surface area contributed by atoms with Crippen LogP contribution in [-0.2, 0) is 14.3 Å². The number of esters is 1. The highest BCUT2D eigenvalue weighted by molar-refractivity contribution is 6.08. The first kappa shape index (κ1) is 11.2. The van der Waals surface area contributed by atoms with Crippen LogP contribution in [0.5, 0.6) is 0 Å². The van der Waals surface area contributed by atoms with E-state index < -0.39 is 10.8 Å². The van der Waals surface area contributed by atoms with Gasteiger partial charge in [-0.15, -0.1) is 0 Å². The first-order valence-electron chi connectivity index (χ1n) is 5.07. The first-order valence-corrected chi connectivity index (χ1v) is 5.07. The molecule has 0 radical (unpaired) electrons. The summed E-state index contributed by atoms with van der Waals surface area (Å²) in [6.45, 7) is 7.63. The largest absolute Gasteiger partial charge is 0.465 e. The molecule has 1 fully saturated rings. The lowest BCUT2D eigenvalue weighted by Crippen LogP contribution is -2.36. The number of carbonyl (C=O) groups excluding carboxylic acids is 2. The molecule has 0 amide bonds. The predicted molar refractivity (Wildman–Crippen MR) is 52.8 cm³/mol. The molecule has 1 aliphatic carbocycles. The van der Waals surface area contributed by atoms with Crippen molar-refractivity contribution in [1.82, 2.24) is 0 Å². The summed E-state index contributed by atoms with van der Waals surface area (Å²) in [6, 6.07) is 0. The van der Waals surface area contributed by atoms with E-state index in [1.54, 1.807) is 6.92 Å². The van der Waals surface area contributed by atoms with Gasteiger partial charge < -0.3 is 4.74 Å². The summed E-state index contributed by atoms with van der Waals surface area (Å²) >= 11 is 0. The maximum atomic E-state index is 12.0. The molecule has 1 aliphatic rings. The number of ketones is 1.